The van der Waals surface area contributed by atoms with Crippen LogP contribution < -0.4 is 16.6 Å². The van der Waals surface area contributed by atoms with Crippen LogP contribution in [-0.2, 0) is 11.3 Å². The van der Waals surface area contributed by atoms with Gasteiger partial charge in [0, 0.05) is 29.6 Å². The van der Waals surface area contributed by atoms with Crippen molar-refractivity contribution >= 4 is 11.6 Å². The second-order valence-corrected chi connectivity index (χ2v) is 6.64. The van der Waals surface area contributed by atoms with E-state index in [4.69, 9.17) is 5.73 Å². The van der Waals surface area contributed by atoms with Crippen molar-refractivity contribution in [2.75, 3.05) is 0 Å². The van der Waals surface area contributed by atoms with Crippen LogP contribution in [0.4, 0.5) is 0 Å². The third-order valence-electron chi connectivity index (χ3n) is 3.86. The highest BCUT2D eigenvalue weighted by atomic mass is 16.2. The number of rotatable bonds is 3. The molecule has 7 nitrogen and oxygen atoms in total. The lowest BCUT2D eigenvalue weighted by Gasteiger charge is -2.26. The number of hydrogen-bond acceptors (Lipinski definition) is 4. The number of aryl methyl sites for hydroxylation is 2. The average molecular weight is 305 g/mol. The first-order valence-corrected chi connectivity index (χ1v) is 7.22. The SMILES string of the molecule is Cc1nc2cc(=O)[nH]n2c(C)c1CNC(=O)[C@@H](N)C(C)(C)C. The van der Waals surface area contributed by atoms with E-state index in [1.54, 1.807) is 4.52 Å². The molecular formula is C15H23N5O2. The number of carbonyl (C=O) groups is 1. The highest BCUT2D eigenvalue weighted by Crippen LogP contribution is 2.18. The van der Waals surface area contributed by atoms with Gasteiger partial charge in [-0.25, -0.2) is 9.50 Å². The van der Waals surface area contributed by atoms with Gasteiger partial charge in [0.1, 0.15) is 0 Å². The first-order chi connectivity index (χ1) is 10.1. The van der Waals surface area contributed by atoms with Gasteiger partial charge in [-0.1, -0.05) is 20.8 Å². The third kappa shape index (κ3) is 3.04. The zero-order valence-corrected chi connectivity index (χ0v) is 13.7. The fourth-order valence-corrected chi connectivity index (χ4v) is 2.29. The van der Waals surface area contributed by atoms with Gasteiger partial charge >= 0.3 is 0 Å². The van der Waals surface area contributed by atoms with E-state index < -0.39 is 6.04 Å². The lowest BCUT2D eigenvalue weighted by atomic mass is 9.87. The summed E-state index contributed by atoms with van der Waals surface area (Å²) in [6, 6.07) is 0.855. The van der Waals surface area contributed by atoms with Crippen molar-refractivity contribution in [3.63, 3.8) is 0 Å². The Morgan fingerprint density at radius 1 is 1.45 bits per heavy atom. The maximum Gasteiger partial charge on any atom is 0.266 e. The van der Waals surface area contributed by atoms with E-state index in [1.165, 1.54) is 6.07 Å². The maximum atomic E-state index is 12.1. The molecule has 0 aliphatic rings. The molecule has 2 aromatic heterocycles. The lowest BCUT2D eigenvalue weighted by molar-refractivity contribution is -0.124. The summed E-state index contributed by atoms with van der Waals surface area (Å²) in [5.41, 5.74) is 8.50. The molecule has 0 saturated heterocycles. The fourth-order valence-electron chi connectivity index (χ4n) is 2.29. The van der Waals surface area contributed by atoms with Crippen molar-refractivity contribution in [3.8, 4) is 0 Å². The van der Waals surface area contributed by atoms with Crippen molar-refractivity contribution in [1.29, 1.82) is 0 Å². The highest BCUT2D eigenvalue weighted by Gasteiger charge is 2.27. The monoisotopic (exact) mass is 305 g/mol. The first kappa shape index (κ1) is 16.2. The molecule has 1 atom stereocenters. The van der Waals surface area contributed by atoms with Gasteiger partial charge in [0.15, 0.2) is 5.65 Å². The lowest BCUT2D eigenvalue weighted by Crippen LogP contribution is -2.48. The van der Waals surface area contributed by atoms with Gasteiger partial charge in [0.05, 0.1) is 6.04 Å². The molecule has 0 bridgehead atoms. The molecular weight excluding hydrogens is 282 g/mol. The minimum absolute atomic E-state index is 0.201. The van der Waals surface area contributed by atoms with Crippen LogP contribution in [0.1, 0.15) is 37.7 Å². The van der Waals surface area contributed by atoms with Crippen molar-refractivity contribution < 1.29 is 4.79 Å². The van der Waals surface area contributed by atoms with Gasteiger partial charge in [-0.2, -0.15) is 0 Å². The van der Waals surface area contributed by atoms with Gasteiger partial charge in [-0.15, -0.1) is 0 Å². The summed E-state index contributed by atoms with van der Waals surface area (Å²) in [7, 11) is 0. The number of nitrogens with two attached hydrogens (primary N) is 1. The number of H-pyrrole nitrogens is 1. The van der Waals surface area contributed by atoms with Crippen LogP contribution in [0.3, 0.4) is 0 Å². The quantitative estimate of drug-likeness (QED) is 0.773. The number of aromatic amines is 1. The molecule has 7 heteroatoms. The summed E-state index contributed by atoms with van der Waals surface area (Å²) in [5, 5.41) is 5.54. The Kier molecular flexibility index (Phi) is 4.10. The summed E-state index contributed by atoms with van der Waals surface area (Å²) < 4.78 is 1.63. The molecule has 120 valence electrons. The third-order valence-corrected chi connectivity index (χ3v) is 3.86. The maximum absolute atomic E-state index is 12.1. The van der Waals surface area contributed by atoms with Crippen LogP contribution in [-0.4, -0.2) is 26.5 Å². The normalized spacial score (nSPS) is 13.4. The molecule has 2 aromatic rings. The van der Waals surface area contributed by atoms with Crippen molar-refractivity contribution in [2.24, 2.45) is 11.1 Å². The van der Waals surface area contributed by atoms with Crippen LogP contribution >= 0.6 is 0 Å². The first-order valence-electron chi connectivity index (χ1n) is 7.22. The molecule has 4 N–H and O–H groups in total. The van der Waals surface area contributed by atoms with Crippen LogP contribution in [0.5, 0.6) is 0 Å². The Morgan fingerprint density at radius 3 is 2.68 bits per heavy atom. The van der Waals surface area contributed by atoms with E-state index in [0.717, 1.165) is 17.0 Å². The number of nitrogens with zero attached hydrogens (tertiary/aromatic N) is 2. The zero-order chi connectivity index (χ0) is 16.7. The van der Waals surface area contributed by atoms with Gasteiger partial charge in [-0.05, 0) is 19.3 Å². The highest BCUT2D eigenvalue weighted by molar-refractivity contribution is 5.82. The molecule has 0 aliphatic carbocycles. The average Bonchev–Trinajstić information content (AvgIpc) is 2.77. The predicted octanol–water partition coefficient (Wildman–Crippen LogP) is 0.629. The van der Waals surface area contributed by atoms with Crippen LogP contribution in [0, 0.1) is 19.3 Å². The van der Waals surface area contributed by atoms with Crippen LogP contribution in [0.15, 0.2) is 10.9 Å². The van der Waals surface area contributed by atoms with Gasteiger partial charge in [0.25, 0.3) is 5.56 Å². The molecule has 0 unspecified atom stereocenters. The minimum atomic E-state index is -0.587. The molecule has 0 spiro atoms. The summed E-state index contributed by atoms with van der Waals surface area (Å²) in [6.07, 6.45) is 0. The Labute approximate surface area is 128 Å². The van der Waals surface area contributed by atoms with Gasteiger partial charge in [0.2, 0.25) is 5.91 Å². The van der Waals surface area contributed by atoms with E-state index in [0.29, 0.717) is 12.2 Å². The van der Waals surface area contributed by atoms with Crippen molar-refractivity contribution in [3.05, 3.63) is 33.4 Å². The zero-order valence-electron chi connectivity index (χ0n) is 13.7. The Bertz CT molecular complexity index is 767. The van der Waals surface area contributed by atoms with Crippen LogP contribution in [0.2, 0.25) is 0 Å². The summed E-state index contributed by atoms with van der Waals surface area (Å²) in [5.74, 6) is -0.201. The predicted molar refractivity (Wildman–Crippen MR) is 84.6 cm³/mol. The minimum Gasteiger partial charge on any atom is -0.351 e. The Balaban J connectivity index is 2.25. The van der Waals surface area contributed by atoms with Gasteiger partial charge in [-0.3, -0.25) is 14.7 Å². The van der Waals surface area contributed by atoms with E-state index in [9.17, 15) is 9.59 Å². The van der Waals surface area contributed by atoms with Crippen molar-refractivity contribution in [2.45, 2.75) is 47.2 Å². The van der Waals surface area contributed by atoms with E-state index in [2.05, 4.69) is 15.4 Å². The number of fused-ring (bicyclic) bond motifs is 1. The molecule has 0 aromatic carbocycles. The fraction of sp³-hybridized carbons (Fsp3) is 0.533. The van der Waals surface area contributed by atoms with E-state index in [1.807, 2.05) is 34.6 Å². The number of amides is 1. The smallest absolute Gasteiger partial charge is 0.266 e. The molecule has 2 rings (SSSR count). The van der Waals surface area contributed by atoms with E-state index in [-0.39, 0.29) is 16.9 Å². The number of nitrogens with one attached hydrogen (secondary N) is 2. The molecule has 22 heavy (non-hydrogen) atoms. The summed E-state index contributed by atoms with van der Waals surface area (Å²) >= 11 is 0. The van der Waals surface area contributed by atoms with E-state index >= 15 is 0 Å². The topological polar surface area (TPSA) is 105 Å². The number of hydrogen-bond donors (Lipinski definition) is 3. The van der Waals surface area contributed by atoms with Gasteiger partial charge < -0.3 is 11.1 Å². The molecule has 1 amide bonds. The Morgan fingerprint density at radius 2 is 2.09 bits per heavy atom. The second-order valence-electron chi connectivity index (χ2n) is 6.64. The molecule has 0 saturated carbocycles. The summed E-state index contributed by atoms with van der Waals surface area (Å²) in [6.45, 7) is 9.83. The molecule has 0 radical (unpaired) electrons. The number of aromatic nitrogens is 3. The standard InChI is InChI=1S/C15H23N5O2/c1-8-10(7-17-14(22)13(16)15(3,4)5)9(2)20-11(18-8)6-12(21)19-20/h6,13H,7,16H2,1-5H3,(H,17,22)(H,19,21)/t13-/m1/s1. The molecule has 0 aliphatic heterocycles. The largest absolute Gasteiger partial charge is 0.351 e. The van der Waals surface area contributed by atoms with Crippen LogP contribution in [0.25, 0.3) is 5.65 Å². The molecule has 2 heterocycles. The second kappa shape index (κ2) is 5.57. The summed E-state index contributed by atoms with van der Waals surface area (Å²) in [4.78, 5) is 27.9. The molecule has 0 fully saturated rings. The Hall–Kier alpha value is -2.15. The van der Waals surface area contributed by atoms with Crippen molar-refractivity contribution in [1.82, 2.24) is 19.9 Å². The number of carbonyl (C=O) groups excluding carboxylic acids is 1.